The highest BCUT2D eigenvalue weighted by Crippen LogP contribution is 2.22. The Balaban J connectivity index is 1.85. The molecule has 2 heterocycles. The number of hydrogen-bond donors (Lipinski definition) is 0. The first kappa shape index (κ1) is 14.5. The zero-order chi connectivity index (χ0) is 15.5. The highest BCUT2D eigenvalue weighted by atomic mass is 35.5. The maximum atomic E-state index is 6.15. The Labute approximate surface area is 133 Å². The van der Waals surface area contributed by atoms with Gasteiger partial charge in [-0.25, -0.2) is 4.98 Å². The van der Waals surface area contributed by atoms with Crippen molar-refractivity contribution >= 4 is 17.4 Å². The number of benzene rings is 1. The van der Waals surface area contributed by atoms with Gasteiger partial charge < -0.3 is 9.42 Å². The minimum atomic E-state index is 0.512. The first-order valence-electron chi connectivity index (χ1n) is 6.83. The van der Waals surface area contributed by atoms with E-state index in [2.05, 4.69) is 15.1 Å². The summed E-state index contributed by atoms with van der Waals surface area (Å²) in [6.07, 6.45) is 2.24. The second kappa shape index (κ2) is 6.15. The van der Waals surface area contributed by atoms with Gasteiger partial charge in [-0.1, -0.05) is 35.0 Å². The van der Waals surface area contributed by atoms with Gasteiger partial charge in [0, 0.05) is 30.9 Å². The molecule has 0 aliphatic heterocycles. The topological polar surface area (TPSA) is 55.1 Å². The molecule has 0 fully saturated rings. The molecule has 0 atom stereocenters. The molecule has 0 bridgehead atoms. The van der Waals surface area contributed by atoms with Gasteiger partial charge in [-0.3, -0.25) is 0 Å². The normalized spacial score (nSPS) is 10.7. The quantitative estimate of drug-likeness (QED) is 0.738. The number of halogens is 1. The third kappa shape index (κ3) is 3.09. The molecule has 0 saturated heterocycles. The average molecular weight is 315 g/mol. The van der Waals surface area contributed by atoms with E-state index in [9.17, 15) is 0 Å². The number of nitrogens with zero attached hydrogens (tertiary/aromatic N) is 4. The van der Waals surface area contributed by atoms with Crippen molar-refractivity contribution < 1.29 is 4.52 Å². The van der Waals surface area contributed by atoms with Gasteiger partial charge in [0.15, 0.2) is 0 Å². The molecule has 5 nitrogen and oxygen atoms in total. The maximum absolute atomic E-state index is 6.15. The van der Waals surface area contributed by atoms with E-state index < -0.39 is 0 Å². The van der Waals surface area contributed by atoms with Crippen molar-refractivity contribution in [2.45, 2.75) is 6.42 Å². The average Bonchev–Trinajstić information content (AvgIpc) is 2.98. The molecule has 0 aliphatic rings. The molecule has 0 saturated carbocycles. The summed E-state index contributed by atoms with van der Waals surface area (Å²) in [6.45, 7) is 0. The van der Waals surface area contributed by atoms with E-state index in [1.165, 1.54) is 0 Å². The molecular weight excluding hydrogens is 300 g/mol. The van der Waals surface area contributed by atoms with Crippen LogP contribution in [0.3, 0.4) is 0 Å². The van der Waals surface area contributed by atoms with Crippen LogP contribution in [-0.2, 0) is 6.42 Å². The molecule has 1 aromatic carbocycles. The Kier molecular flexibility index (Phi) is 4.06. The Morgan fingerprint density at radius 2 is 2.00 bits per heavy atom. The number of hydrogen-bond acceptors (Lipinski definition) is 5. The lowest BCUT2D eigenvalue weighted by Gasteiger charge is -2.10. The lowest BCUT2D eigenvalue weighted by Crippen LogP contribution is -2.10. The van der Waals surface area contributed by atoms with Gasteiger partial charge in [-0.2, -0.15) is 4.98 Å². The molecule has 0 amide bonds. The van der Waals surface area contributed by atoms with Crippen molar-refractivity contribution in [2.75, 3.05) is 19.0 Å². The zero-order valence-corrected chi connectivity index (χ0v) is 13.1. The second-order valence-electron chi connectivity index (χ2n) is 5.08. The fraction of sp³-hybridized carbons (Fsp3) is 0.188. The Bertz CT molecular complexity index is 785. The number of pyridine rings is 1. The summed E-state index contributed by atoms with van der Waals surface area (Å²) in [7, 11) is 3.87. The van der Waals surface area contributed by atoms with Crippen LogP contribution in [0.25, 0.3) is 11.4 Å². The minimum absolute atomic E-state index is 0.512. The van der Waals surface area contributed by atoms with Gasteiger partial charge in [-0.15, -0.1) is 0 Å². The van der Waals surface area contributed by atoms with Crippen molar-refractivity contribution in [3.63, 3.8) is 0 Å². The largest absolute Gasteiger partial charge is 0.363 e. The summed E-state index contributed by atoms with van der Waals surface area (Å²) in [4.78, 5) is 10.6. The predicted molar refractivity (Wildman–Crippen MR) is 86.1 cm³/mol. The molecule has 0 spiro atoms. The summed E-state index contributed by atoms with van der Waals surface area (Å²) >= 11 is 6.15. The SMILES string of the molecule is CN(C)c1cc(-c2noc(Cc3ccccc3Cl)n2)ccn1. The van der Waals surface area contributed by atoms with Crippen molar-refractivity contribution in [1.82, 2.24) is 15.1 Å². The van der Waals surface area contributed by atoms with Crippen LogP contribution in [0.15, 0.2) is 47.1 Å². The van der Waals surface area contributed by atoms with Crippen LogP contribution in [0, 0.1) is 0 Å². The van der Waals surface area contributed by atoms with E-state index in [-0.39, 0.29) is 0 Å². The molecule has 6 heteroatoms. The monoisotopic (exact) mass is 314 g/mol. The third-order valence-electron chi connectivity index (χ3n) is 3.23. The van der Waals surface area contributed by atoms with Gasteiger partial charge in [0.05, 0.1) is 6.42 Å². The highest BCUT2D eigenvalue weighted by molar-refractivity contribution is 6.31. The molecule has 3 rings (SSSR count). The number of anilines is 1. The molecular formula is C16H15ClN4O. The molecule has 0 unspecified atom stereocenters. The van der Waals surface area contributed by atoms with Crippen LogP contribution in [0.2, 0.25) is 5.02 Å². The smallest absolute Gasteiger partial charge is 0.231 e. The van der Waals surface area contributed by atoms with Crippen molar-refractivity contribution in [3.05, 3.63) is 59.1 Å². The van der Waals surface area contributed by atoms with Gasteiger partial charge in [-0.05, 0) is 23.8 Å². The molecule has 3 aromatic rings. The Morgan fingerprint density at radius 1 is 1.18 bits per heavy atom. The first-order chi connectivity index (χ1) is 10.6. The third-order valence-corrected chi connectivity index (χ3v) is 3.60. The molecule has 112 valence electrons. The van der Waals surface area contributed by atoms with E-state index in [0.717, 1.165) is 16.9 Å². The maximum Gasteiger partial charge on any atom is 0.231 e. The number of aromatic nitrogens is 3. The summed E-state index contributed by atoms with van der Waals surface area (Å²) < 4.78 is 5.32. The van der Waals surface area contributed by atoms with Crippen LogP contribution in [0.5, 0.6) is 0 Å². The fourth-order valence-electron chi connectivity index (χ4n) is 2.05. The van der Waals surface area contributed by atoms with Crippen molar-refractivity contribution in [3.8, 4) is 11.4 Å². The van der Waals surface area contributed by atoms with Crippen LogP contribution in [0.1, 0.15) is 11.5 Å². The molecule has 0 aliphatic carbocycles. The predicted octanol–water partition coefficient (Wildman–Crippen LogP) is 3.44. The van der Waals surface area contributed by atoms with Crippen molar-refractivity contribution in [2.24, 2.45) is 0 Å². The van der Waals surface area contributed by atoms with E-state index >= 15 is 0 Å². The van der Waals surface area contributed by atoms with Crippen LogP contribution in [0.4, 0.5) is 5.82 Å². The zero-order valence-electron chi connectivity index (χ0n) is 12.3. The summed E-state index contributed by atoms with van der Waals surface area (Å²) in [5.41, 5.74) is 1.83. The van der Waals surface area contributed by atoms with Gasteiger partial charge in [0.2, 0.25) is 11.7 Å². The van der Waals surface area contributed by atoms with Gasteiger partial charge in [0.25, 0.3) is 0 Å². The minimum Gasteiger partial charge on any atom is -0.363 e. The van der Waals surface area contributed by atoms with Crippen LogP contribution < -0.4 is 4.90 Å². The van der Waals surface area contributed by atoms with E-state index in [4.69, 9.17) is 16.1 Å². The molecule has 0 N–H and O–H groups in total. The standard InChI is InChI=1S/C16H15ClN4O/c1-21(2)14-9-12(7-8-18-14)16-19-15(22-20-16)10-11-5-3-4-6-13(11)17/h3-9H,10H2,1-2H3. The summed E-state index contributed by atoms with van der Waals surface area (Å²) in [5, 5.41) is 4.73. The highest BCUT2D eigenvalue weighted by Gasteiger charge is 2.11. The van der Waals surface area contributed by atoms with Gasteiger partial charge in [0.1, 0.15) is 5.82 Å². The van der Waals surface area contributed by atoms with E-state index in [1.807, 2.05) is 55.4 Å². The summed E-state index contributed by atoms with van der Waals surface area (Å²) in [5.74, 6) is 1.92. The Morgan fingerprint density at radius 3 is 2.77 bits per heavy atom. The molecule has 0 radical (unpaired) electrons. The summed E-state index contributed by atoms with van der Waals surface area (Å²) in [6, 6.07) is 11.4. The van der Waals surface area contributed by atoms with Crippen LogP contribution in [-0.4, -0.2) is 29.2 Å². The Hall–Kier alpha value is -2.40. The second-order valence-corrected chi connectivity index (χ2v) is 5.48. The molecule has 2 aromatic heterocycles. The fourth-order valence-corrected chi connectivity index (χ4v) is 2.25. The van der Waals surface area contributed by atoms with Gasteiger partial charge >= 0.3 is 0 Å². The van der Waals surface area contributed by atoms with E-state index in [0.29, 0.717) is 23.2 Å². The van der Waals surface area contributed by atoms with Crippen molar-refractivity contribution in [1.29, 1.82) is 0 Å². The lowest BCUT2D eigenvalue weighted by atomic mass is 10.1. The van der Waals surface area contributed by atoms with Crippen LogP contribution >= 0.6 is 11.6 Å². The first-order valence-corrected chi connectivity index (χ1v) is 7.21. The number of rotatable bonds is 4. The lowest BCUT2D eigenvalue weighted by molar-refractivity contribution is 0.386. The van der Waals surface area contributed by atoms with E-state index in [1.54, 1.807) is 6.20 Å². The molecule has 22 heavy (non-hydrogen) atoms.